The van der Waals surface area contributed by atoms with E-state index in [1.807, 2.05) is 0 Å². The number of aryl methyl sites for hydroxylation is 1. The third-order valence-corrected chi connectivity index (χ3v) is 3.36. The van der Waals surface area contributed by atoms with Crippen molar-refractivity contribution in [2.24, 2.45) is 5.92 Å². The third-order valence-electron chi connectivity index (χ3n) is 3.36. The van der Waals surface area contributed by atoms with Crippen molar-refractivity contribution in [3.8, 4) is 0 Å². The minimum absolute atomic E-state index is 0.0128. The van der Waals surface area contributed by atoms with Crippen molar-refractivity contribution in [3.63, 3.8) is 0 Å². The number of hydrogen-bond donors (Lipinski definition) is 1. The standard InChI is InChI=1S/C12H19F2N3O/c13-12(14)5-1-3-10(7-12)8-17-9-11(15-16-17)4-2-6-18/h9-10,18H,1-8H2. The molecule has 1 aromatic rings. The van der Waals surface area contributed by atoms with Gasteiger partial charge >= 0.3 is 0 Å². The number of halogens is 2. The van der Waals surface area contributed by atoms with E-state index < -0.39 is 5.92 Å². The van der Waals surface area contributed by atoms with Gasteiger partial charge in [0.25, 0.3) is 0 Å². The molecule has 0 aliphatic heterocycles. The fourth-order valence-corrected chi connectivity index (χ4v) is 2.50. The first-order valence-electron chi connectivity index (χ1n) is 6.47. The summed E-state index contributed by atoms with van der Waals surface area (Å²) in [6.07, 6.45) is 4.52. The van der Waals surface area contributed by atoms with E-state index in [-0.39, 0.29) is 25.4 Å². The van der Waals surface area contributed by atoms with E-state index in [2.05, 4.69) is 10.3 Å². The van der Waals surface area contributed by atoms with Gasteiger partial charge in [-0.15, -0.1) is 5.10 Å². The molecule has 2 rings (SSSR count). The first-order chi connectivity index (χ1) is 8.59. The molecule has 1 fully saturated rings. The molecule has 1 saturated carbocycles. The van der Waals surface area contributed by atoms with Crippen LogP contribution in [0, 0.1) is 5.92 Å². The SMILES string of the molecule is OCCCc1cn(CC2CCCC(F)(F)C2)nn1. The van der Waals surface area contributed by atoms with Gasteiger partial charge in [0.1, 0.15) is 0 Å². The summed E-state index contributed by atoms with van der Waals surface area (Å²) in [5.41, 5.74) is 0.812. The molecule has 0 aromatic carbocycles. The molecule has 4 nitrogen and oxygen atoms in total. The summed E-state index contributed by atoms with van der Waals surface area (Å²) in [5.74, 6) is -2.52. The largest absolute Gasteiger partial charge is 0.396 e. The van der Waals surface area contributed by atoms with E-state index in [0.29, 0.717) is 25.8 Å². The second-order valence-electron chi connectivity index (χ2n) is 5.08. The van der Waals surface area contributed by atoms with Crippen molar-refractivity contribution in [1.29, 1.82) is 0 Å². The lowest BCUT2D eigenvalue weighted by Crippen LogP contribution is -2.28. The molecular weight excluding hydrogens is 240 g/mol. The highest BCUT2D eigenvalue weighted by molar-refractivity contribution is 4.92. The molecule has 1 N–H and O–H groups in total. The fourth-order valence-electron chi connectivity index (χ4n) is 2.50. The Kier molecular flexibility index (Phi) is 4.27. The molecule has 0 spiro atoms. The van der Waals surface area contributed by atoms with Crippen LogP contribution in [-0.4, -0.2) is 32.6 Å². The number of hydrogen-bond acceptors (Lipinski definition) is 3. The molecule has 6 heteroatoms. The number of rotatable bonds is 5. The quantitative estimate of drug-likeness (QED) is 0.880. The van der Waals surface area contributed by atoms with Gasteiger partial charge in [-0.25, -0.2) is 8.78 Å². The number of aliphatic hydroxyl groups is 1. The van der Waals surface area contributed by atoms with Crippen molar-refractivity contribution in [2.75, 3.05) is 6.61 Å². The zero-order valence-electron chi connectivity index (χ0n) is 10.4. The van der Waals surface area contributed by atoms with Crippen molar-refractivity contribution >= 4 is 0 Å². The Balaban J connectivity index is 1.87. The van der Waals surface area contributed by atoms with Crippen LogP contribution in [-0.2, 0) is 13.0 Å². The number of aromatic nitrogens is 3. The van der Waals surface area contributed by atoms with E-state index in [4.69, 9.17) is 5.11 Å². The highest BCUT2D eigenvalue weighted by Crippen LogP contribution is 2.37. The van der Waals surface area contributed by atoms with Crippen LogP contribution >= 0.6 is 0 Å². The summed E-state index contributed by atoms with van der Waals surface area (Å²) in [4.78, 5) is 0. The fraction of sp³-hybridized carbons (Fsp3) is 0.833. The normalized spacial score (nSPS) is 23.2. The highest BCUT2D eigenvalue weighted by Gasteiger charge is 2.36. The second-order valence-corrected chi connectivity index (χ2v) is 5.08. The van der Waals surface area contributed by atoms with Gasteiger partial charge in [-0.1, -0.05) is 5.21 Å². The third kappa shape index (κ3) is 3.73. The van der Waals surface area contributed by atoms with Gasteiger partial charge in [-0.2, -0.15) is 0 Å². The first-order valence-corrected chi connectivity index (χ1v) is 6.47. The molecule has 1 aliphatic rings. The van der Waals surface area contributed by atoms with Crippen LogP contribution in [0.3, 0.4) is 0 Å². The predicted octanol–water partition coefficient (Wildman–Crippen LogP) is 2.03. The van der Waals surface area contributed by atoms with Crippen LogP contribution in [0.15, 0.2) is 6.20 Å². The van der Waals surface area contributed by atoms with E-state index in [9.17, 15) is 8.78 Å². The Morgan fingerprint density at radius 1 is 1.50 bits per heavy atom. The molecule has 18 heavy (non-hydrogen) atoms. The smallest absolute Gasteiger partial charge is 0.248 e. The summed E-state index contributed by atoms with van der Waals surface area (Å²) in [5, 5.41) is 16.6. The monoisotopic (exact) mass is 259 g/mol. The molecule has 0 bridgehead atoms. The van der Waals surface area contributed by atoms with Gasteiger partial charge in [-0.3, -0.25) is 4.68 Å². The topological polar surface area (TPSA) is 50.9 Å². The molecule has 1 atom stereocenters. The van der Waals surface area contributed by atoms with Crippen LogP contribution in [0.2, 0.25) is 0 Å². The summed E-state index contributed by atoms with van der Waals surface area (Å²) < 4.78 is 28.2. The Morgan fingerprint density at radius 3 is 3.06 bits per heavy atom. The summed E-state index contributed by atoms with van der Waals surface area (Å²) in [6.45, 7) is 0.642. The lowest BCUT2D eigenvalue weighted by Gasteiger charge is -2.28. The second kappa shape index (κ2) is 5.73. The van der Waals surface area contributed by atoms with Gasteiger partial charge in [-0.05, 0) is 31.6 Å². The van der Waals surface area contributed by atoms with E-state index in [1.165, 1.54) is 0 Å². The Bertz CT molecular complexity index is 381. The Labute approximate surface area is 105 Å². The molecule has 1 unspecified atom stereocenters. The number of nitrogens with zero attached hydrogens (tertiary/aromatic N) is 3. The van der Waals surface area contributed by atoms with Gasteiger partial charge in [0, 0.05) is 32.2 Å². The van der Waals surface area contributed by atoms with Crippen LogP contribution < -0.4 is 0 Å². The van der Waals surface area contributed by atoms with Crippen LogP contribution in [0.4, 0.5) is 8.78 Å². The zero-order valence-corrected chi connectivity index (χ0v) is 10.4. The van der Waals surface area contributed by atoms with Gasteiger partial charge in [0.2, 0.25) is 5.92 Å². The average molecular weight is 259 g/mol. The van der Waals surface area contributed by atoms with Crippen molar-refractivity contribution in [3.05, 3.63) is 11.9 Å². The molecule has 102 valence electrons. The van der Waals surface area contributed by atoms with Gasteiger partial charge in [0.15, 0.2) is 0 Å². The van der Waals surface area contributed by atoms with E-state index >= 15 is 0 Å². The van der Waals surface area contributed by atoms with Crippen LogP contribution in [0.1, 0.15) is 37.8 Å². The van der Waals surface area contributed by atoms with E-state index in [1.54, 1.807) is 10.9 Å². The number of aliphatic hydroxyl groups excluding tert-OH is 1. The van der Waals surface area contributed by atoms with Crippen LogP contribution in [0.5, 0.6) is 0 Å². The van der Waals surface area contributed by atoms with Crippen molar-refractivity contribution < 1.29 is 13.9 Å². The minimum atomic E-state index is -2.51. The Morgan fingerprint density at radius 2 is 2.33 bits per heavy atom. The average Bonchev–Trinajstić information content (AvgIpc) is 2.73. The molecule has 1 heterocycles. The van der Waals surface area contributed by atoms with Crippen molar-refractivity contribution in [2.45, 2.75) is 51.0 Å². The summed E-state index contributed by atoms with van der Waals surface area (Å²) in [6, 6.07) is 0. The molecule has 0 amide bonds. The molecule has 0 saturated heterocycles. The molecule has 1 aliphatic carbocycles. The minimum Gasteiger partial charge on any atom is -0.396 e. The van der Waals surface area contributed by atoms with Crippen LogP contribution in [0.25, 0.3) is 0 Å². The maximum absolute atomic E-state index is 13.3. The summed E-state index contributed by atoms with van der Waals surface area (Å²) in [7, 11) is 0. The molecular formula is C12H19F2N3O. The van der Waals surface area contributed by atoms with E-state index in [0.717, 1.165) is 12.1 Å². The molecule has 0 radical (unpaired) electrons. The number of alkyl halides is 2. The predicted molar refractivity (Wildman–Crippen MR) is 62.3 cm³/mol. The maximum atomic E-state index is 13.3. The highest BCUT2D eigenvalue weighted by atomic mass is 19.3. The first kappa shape index (κ1) is 13.4. The summed E-state index contributed by atoms with van der Waals surface area (Å²) >= 11 is 0. The lowest BCUT2D eigenvalue weighted by atomic mass is 9.86. The maximum Gasteiger partial charge on any atom is 0.248 e. The van der Waals surface area contributed by atoms with Crippen molar-refractivity contribution in [1.82, 2.24) is 15.0 Å². The molecule has 1 aromatic heterocycles. The Hall–Kier alpha value is -1.04. The zero-order chi connectivity index (χ0) is 13.0. The van der Waals surface area contributed by atoms with Gasteiger partial charge < -0.3 is 5.11 Å². The van der Waals surface area contributed by atoms with Gasteiger partial charge in [0.05, 0.1) is 5.69 Å². The lowest BCUT2D eigenvalue weighted by molar-refractivity contribution is -0.0552.